The second kappa shape index (κ2) is 7.28. The van der Waals surface area contributed by atoms with Gasteiger partial charge in [0.25, 0.3) is 5.56 Å². The van der Waals surface area contributed by atoms with Gasteiger partial charge in [0, 0.05) is 38.4 Å². The Morgan fingerprint density at radius 3 is 2.81 bits per heavy atom. The number of nitrogens with one attached hydrogen (secondary N) is 1. The molecule has 0 saturated carbocycles. The number of hydrogen-bond donors (Lipinski definition) is 1. The number of nitrogens with zero attached hydrogens (tertiary/aromatic N) is 4. The number of rotatable bonds is 4. The molecular formula is C20H21N5O2. The van der Waals surface area contributed by atoms with Gasteiger partial charge < -0.3 is 9.72 Å². The largest absolute Gasteiger partial charge is 0.497 e. The summed E-state index contributed by atoms with van der Waals surface area (Å²) in [4.78, 5) is 30.4. The van der Waals surface area contributed by atoms with E-state index < -0.39 is 0 Å². The molecule has 138 valence electrons. The van der Waals surface area contributed by atoms with Crippen LogP contribution in [0.4, 0.5) is 0 Å². The average Bonchev–Trinajstić information content (AvgIpc) is 2.70. The molecule has 3 heterocycles. The van der Waals surface area contributed by atoms with Gasteiger partial charge in [0.1, 0.15) is 17.9 Å². The highest BCUT2D eigenvalue weighted by Crippen LogP contribution is 2.22. The van der Waals surface area contributed by atoms with Crippen LogP contribution in [0.2, 0.25) is 0 Å². The summed E-state index contributed by atoms with van der Waals surface area (Å²) in [6.07, 6.45) is 5.51. The minimum atomic E-state index is -0.0880. The lowest BCUT2D eigenvalue weighted by Gasteiger charge is -2.28. The second-order valence-corrected chi connectivity index (χ2v) is 6.72. The van der Waals surface area contributed by atoms with Crippen LogP contribution in [-0.4, -0.2) is 38.5 Å². The smallest absolute Gasteiger partial charge is 0.255 e. The summed E-state index contributed by atoms with van der Waals surface area (Å²) in [6, 6.07) is 6.10. The molecule has 1 N–H and O–H groups in total. The number of ether oxygens (including phenoxy) is 1. The molecule has 0 radical (unpaired) electrons. The van der Waals surface area contributed by atoms with E-state index in [0.29, 0.717) is 17.9 Å². The van der Waals surface area contributed by atoms with Crippen LogP contribution in [0.1, 0.15) is 22.4 Å². The lowest BCUT2D eigenvalue weighted by atomic mass is 10.0. The van der Waals surface area contributed by atoms with Gasteiger partial charge in [-0.2, -0.15) is 0 Å². The van der Waals surface area contributed by atoms with Crippen LogP contribution in [0, 0.1) is 6.92 Å². The number of fused-ring (bicyclic) bond motifs is 1. The zero-order valence-corrected chi connectivity index (χ0v) is 15.4. The van der Waals surface area contributed by atoms with E-state index in [2.05, 4.69) is 37.8 Å². The van der Waals surface area contributed by atoms with Crippen molar-refractivity contribution in [2.75, 3.05) is 13.7 Å². The Morgan fingerprint density at radius 1 is 1.26 bits per heavy atom. The van der Waals surface area contributed by atoms with E-state index in [1.54, 1.807) is 19.5 Å². The number of hydrogen-bond acceptors (Lipinski definition) is 6. The van der Waals surface area contributed by atoms with Gasteiger partial charge in [-0.05, 0) is 30.2 Å². The van der Waals surface area contributed by atoms with Crippen LogP contribution in [0.3, 0.4) is 0 Å². The van der Waals surface area contributed by atoms with Crippen molar-refractivity contribution in [1.82, 2.24) is 24.8 Å². The fraction of sp³-hybridized carbons (Fsp3) is 0.300. The van der Waals surface area contributed by atoms with Crippen molar-refractivity contribution in [3.63, 3.8) is 0 Å². The van der Waals surface area contributed by atoms with Crippen molar-refractivity contribution in [2.45, 2.75) is 26.4 Å². The molecule has 7 nitrogen and oxygen atoms in total. The summed E-state index contributed by atoms with van der Waals surface area (Å²) in [6.45, 7) is 4.33. The molecule has 3 aromatic rings. The van der Waals surface area contributed by atoms with Gasteiger partial charge in [0.2, 0.25) is 0 Å². The number of H-pyrrole nitrogens is 1. The minimum absolute atomic E-state index is 0.0880. The lowest BCUT2D eigenvalue weighted by molar-refractivity contribution is 0.241. The molecule has 0 unspecified atom stereocenters. The quantitative estimate of drug-likeness (QED) is 0.764. The molecule has 1 aromatic carbocycles. The highest BCUT2D eigenvalue weighted by atomic mass is 16.5. The van der Waals surface area contributed by atoms with Gasteiger partial charge >= 0.3 is 0 Å². The molecule has 1 aliphatic rings. The molecule has 0 fully saturated rings. The molecule has 0 aliphatic carbocycles. The highest BCUT2D eigenvalue weighted by Gasteiger charge is 2.22. The van der Waals surface area contributed by atoms with E-state index >= 15 is 0 Å². The highest BCUT2D eigenvalue weighted by molar-refractivity contribution is 5.52. The predicted molar refractivity (Wildman–Crippen MR) is 101 cm³/mol. The Bertz CT molecular complexity index is 1020. The van der Waals surface area contributed by atoms with Crippen LogP contribution in [0.15, 0.2) is 41.7 Å². The zero-order valence-electron chi connectivity index (χ0n) is 15.4. The number of aromatic amines is 1. The fourth-order valence-electron chi connectivity index (χ4n) is 3.39. The molecule has 0 amide bonds. The molecule has 0 saturated heterocycles. The Kier molecular flexibility index (Phi) is 4.68. The standard InChI is InChI=1S/C20H21N5O2/c1-13-7-16(27-2)4-3-14(13)10-25-6-5-18-17(11-25)20(26)24-19(23-18)15-8-21-12-22-9-15/h3-4,7-9,12H,5-6,10-11H2,1-2H3,(H,23,24,26). The fourth-order valence-corrected chi connectivity index (χ4v) is 3.39. The number of aryl methyl sites for hydroxylation is 1. The van der Waals surface area contributed by atoms with Gasteiger partial charge in [0.15, 0.2) is 0 Å². The van der Waals surface area contributed by atoms with Crippen LogP contribution in [0.5, 0.6) is 5.75 Å². The van der Waals surface area contributed by atoms with Gasteiger partial charge in [0.05, 0.1) is 23.9 Å². The van der Waals surface area contributed by atoms with Gasteiger partial charge in [-0.15, -0.1) is 0 Å². The first-order valence-corrected chi connectivity index (χ1v) is 8.87. The average molecular weight is 363 g/mol. The Labute approximate surface area is 157 Å². The topological polar surface area (TPSA) is 84.0 Å². The van der Waals surface area contributed by atoms with Crippen molar-refractivity contribution in [3.8, 4) is 17.1 Å². The molecule has 0 atom stereocenters. The van der Waals surface area contributed by atoms with E-state index in [-0.39, 0.29) is 5.56 Å². The van der Waals surface area contributed by atoms with Gasteiger partial charge in [-0.25, -0.2) is 15.0 Å². The lowest BCUT2D eigenvalue weighted by Crippen LogP contribution is -2.35. The summed E-state index contributed by atoms with van der Waals surface area (Å²) in [5.74, 6) is 1.39. The van der Waals surface area contributed by atoms with Crippen LogP contribution in [0.25, 0.3) is 11.4 Å². The van der Waals surface area contributed by atoms with Crippen molar-refractivity contribution in [2.24, 2.45) is 0 Å². The number of benzene rings is 1. The third-order valence-corrected chi connectivity index (χ3v) is 4.93. The Balaban J connectivity index is 1.56. The summed E-state index contributed by atoms with van der Waals surface area (Å²) >= 11 is 0. The number of methoxy groups -OCH3 is 1. The van der Waals surface area contributed by atoms with Crippen LogP contribution < -0.4 is 10.3 Å². The molecule has 27 heavy (non-hydrogen) atoms. The van der Waals surface area contributed by atoms with Crippen molar-refractivity contribution < 1.29 is 4.74 Å². The summed E-state index contributed by atoms with van der Waals surface area (Å²) in [5.41, 5.74) is 4.66. The predicted octanol–water partition coefficient (Wildman–Crippen LogP) is 2.10. The Hall–Kier alpha value is -3.06. The maximum atomic E-state index is 12.6. The summed E-state index contributed by atoms with van der Waals surface area (Å²) < 4.78 is 5.27. The van der Waals surface area contributed by atoms with E-state index in [1.165, 1.54) is 17.5 Å². The van der Waals surface area contributed by atoms with E-state index in [0.717, 1.165) is 36.5 Å². The van der Waals surface area contributed by atoms with Crippen molar-refractivity contribution >= 4 is 0 Å². The van der Waals surface area contributed by atoms with Crippen molar-refractivity contribution in [3.05, 3.63) is 69.7 Å². The Morgan fingerprint density at radius 2 is 2.07 bits per heavy atom. The molecule has 2 aromatic heterocycles. The molecule has 0 spiro atoms. The first-order chi connectivity index (χ1) is 13.1. The van der Waals surface area contributed by atoms with Crippen LogP contribution in [-0.2, 0) is 19.5 Å². The molecular weight excluding hydrogens is 342 g/mol. The molecule has 7 heteroatoms. The molecule has 1 aliphatic heterocycles. The van der Waals surface area contributed by atoms with Crippen molar-refractivity contribution in [1.29, 1.82) is 0 Å². The van der Waals surface area contributed by atoms with E-state index in [4.69, 9.17) is 4.74 Å². The van der Waals surface area contributed by atoms with E-state index in [9.17, 15) is 4.79 Å². The SMILES string of the molecule is COc1ccc(CN2CCc3nc(-c4cncnc4)[nH]c(=O)c3C2)c(C)c1. The third-order valence-electron chi connectivity index (χ3n) is 4.93. The summed E-state index contributed by atoms with van der Waals surface area (Å²) in [5, 5.41) is 0. The maximum absolute atomic E-state index is 12.6. The molecule has 0 bridgehead atoms. The zero-order chi connectivity index (χ0) is 18.8. The summed E-state index contributed by atoms with van der Waals surface area (Å²) in [7, 11) is 1.67. The van der Waals surface area contributed by atoms with Gasteiger partial charge in [-0.1, -0.05) is 6.07 Å². The first-order valence-electron chi connectivity index (χ1n) is 8.87. The molecule has 4 rings (SSSR count). The van der Waals surface area contributed by atoms with E-state index in [1.807, 2.05) is 12.1 Å². The van der Waals surface area contributed by atoms with Crippen LogP contribution >= 0.6 is 0 Å². The number of aromatic nitrogens is 4. The monoisotopic (exact) mass is 363 g/mol. The normalized spacial score (nSPS) is 14.0. The maximum Gasteiger partial charge on any atom is 0.255 e. The second-order valence-electron chi connectivity index (χ2n) is 6.72. The minimum Gasteiger partial charge on any atom is -0.497 e. The first kappa shape index (κ1) is 17.4. The van der Waals surface area contributed by atoms with Gasteiger partial charge in [-0.3, -0.25) is 9.69 Å². The third kappa shape index (κ3) is 3.59.